The molecule has 0 radical (unpaired) electrons. The van der Waals surface area contributed by atoms with E-state index >= 15 is 0 Å². The lowest BCUT2D eigenvalue weighted by molar-refractivity contribution is -0.136. The van der Waals surface area contributed by atoms with Gasteiger partial charge in [0.05, 0.1) is 5.69 Å². The average molecular weight is 345 g/mol. The minimum absolute atomic E-state index is 0.222. The van der Waals surface area contributed by atoms with E-state index in [1.54, 1.807) is 6.08 Å². The van der Waals surface area contributed by atoms with E-state index in [2.05, 4.69) is 27.6 Å². The van der Waals surface area contributed by atoms with E-state index in [0.717, 1.165) is 23.4 Å². The molecule has 4 aliphatic carbocycles. The van der Waals surface area contributed by atoms with Crippen LogP contribution in [-0.4, -0.2) is 23.3 Å². The summed E-state index contributed by atoms with van der Waals surface area (Å²) in [5, 5.41) is 7.72. The molecule has 1 aromatic heterocycles. The van der Waals surface area contributed by atoms with Crippen molar-refractivity contribution < 1.29 is 9.59 Å². The van der Waals surface area contributed by atoms with E-state index < -0.39 is 11.8 Å². The van der Waals surface area contributed by atoms with Crippen molar-refractivity contribution in [3.63, 3.8) is 0 Å². The van der Waals surface area contributed by atoms with Crippen LogP contribution in [0.2, 0.25) is 0 Å². The topological polar surface area (TPSA) is 71.1 Å². The predicted octanol–water partition coefficient (Wildman–Crippen LogP) is 2.85. The summed E-state index contributed by atoms with van der Waals surface area (Å²) < 4.78 is 0. The van der Waals surface area contributed by atoms with Crippen LogP contribution in [0.25, 0.3) is 0 Å². The molecule has 0 aromatic carbocycles. The van der Waals surface area contributed by atoms with Gasteiger partial charge in [0, 0.05) is 17.3 Å². The minimum Gasteiger partial charge on any atom is -0.344 e. The lowest BCUT2D eigenvalue weighted by Crippen LogP contribution is -2.48. The molecular formula is C18H23N3O2S. The Bertz CT molecular complexity index is 646. The third-order valence-corrected chi connectivity index (χ3v) is 6.68. The number of rotatable bonds is 4. The van der Waals surface area contributed by atoms with Crippen LogP contribution in [0.15, 0.2) is 18.0 Å². The molecular weight excluding hydrogens is 322 g/mol. The first-order valence-electron chi connectivity index (χ1n) is 8.74. The molecule has 0 spiro atoms. The molecule has 4 aliphatic rings. The highest BCUT2D eigenvalue weighted by molar-refractivity contribution is 7.14. The molecule has 6 heteroatoms. The first-order valence-corrected chi connectivity index (χ1v) is 9.62. The highest BCUT2D eigenvalue weighted by atomic mass is 32.1. The first-order chi connectivity index (χ1) is 11.6. The van der Waals surface area contributed by atoms with Gasteiger partial charge in [-0.3, -0.25) is 14.9 Å². The number of aromatic nitrogens is 1. The van der Waals surface area contributed by atoms with E-state index in [-0.39, 0.29) is 12.0 Å². The van der Waals surface area contributed by atoms with Crippen molar-refractivity contribution in [3.05, 3.63) is 23.7 Å². The highest BCUT2D eigenvalue weighted by Gasteiger charge is 2.52. The van der Waals surface area contributed by atoms with E-state index in [1.807, 2.05) is 0 Å². The Kier molecular flexibility index (Phi) is 3.95. The molecule has 1 aromatic rings. The summed E-state index contributed by atoms with van der Waals surface area (Å²) in [6.07, 6.45) is 9.48. The number of hydrogen-bond acceptors (Lipinski definition) is 4. The standard InChI is InChI=1S/C18H23N3O2S/c1-2-3-19-15(22)16(23)21-17-20-14(10-24-17)18-7-11-4-12(8-18)6-13(5-11)9-18/h2,10-13H,1,3-9H2,(H,19,22)(H,20,21,23). The zero-order valence-corrected chi connectivity index (χ0v) is 14.5. The minimum atomic E-state index is -0.664. The van der Waals surface area contributed by atoms with E-state index in [1.165, 1.54) is 49.9 Å². The third-order valence-electron chi connectivity index (χ3n) is 5.92. The Morgan fingerprint density at radius 2 is 1.83 bits per heavy atom. The lowest BCUT2D eigenvalue weighted by Gasteiger charge is -2.56. The summed E-state index contributed by atoms with van der Waals surface area (Å²) in [5.41, 5.74) is 1.35. The van der Waals surface area contributed by atoms with Gasteiger partial charge in [-0.2, -0.15) is 0 Å². The van der Waals surface area contributed by atoms with Crippen LogP contribution in [0.1, 0.15) is 44.2 Å². The van der Waals surface area contributed by atoms with Gasteiger partial charge in [-0.15, -0.1) is 17.9 Å². The SMILES string of the molecule is C=CCNC(=O)C(=O)Nc1nc(C23CC4CC(CC(C4)C2)C3)cs1. The van der Waals surface area contributed by atoms with Crippen LogP contribution in [0.5, 0.6) is 0 Å². The maximum absolute atomic E-state index is 11.9. The molecule has 0 saturated heterocycles. The van der Waals surface area contributed by atoms with Gasteiger partial charge in [-0.05, 0) is 56.3 Å². The Hall–Kier alpha value is -1.69. The molecule has 0 unspecified atom stereocenters. The second kappa shape index (κ2) is 5.99. The molecule has 2 N–H and O–H groups in total. The van der Waals surface area contributed by atoms with Gasteiger partial charge >= 0.3 is 11.8 Å². The van der Waals surface area contributed by atoms with Crippen molar-refractivity contribution in [1.82, 2.24) is 10.3 Å². The maximum Gasteiger partial charge on any atom is 0.315 e. The van der Waals surface area contributed by atoms with Crippen molar-refractivity contribution in [3.8, 4) is 0 Å². The molecule has 5 nitrogen and oxygen atoms in total. The summed E-state index contributed by atoms with van der Waals surface area (Å²) in [6.45, 7) is 3.79. The molecule has 0 atom stereocenters. The van der Waals surface area contributed by atoms with E-state index in [9.17, 15) is 9.59 Å². The van der Waals surface area contributed by atoms with Gasteiger partial charge < -0.3 is 5.32 Å². The maximum atomic E-state index is 11.9. The van der Waals surface area contributed by atoms with Crippen molar-refractivity contribution in [2.45, 2.75) is 43.9 Å². The average Bonchev–Trinajstić information content (AvgIpc) is 3.00. The fourth-order valence-electron chi connectivity index (χ4n) is 5.40. The highest BCUT2D eigenvalue weighted by Crippen LogP contribution is 2.60. The van der Waals surface area contributed by atoms with Crippen LogP contribution in [-0.2, 0) is 15.0 Å². The van der Waals surface area contributed by atoms with Crippen LogP contribution in [0, 0.1) is 17.8 Å². The zero-order chi connectivity index (χ0) is 16.7. The number of carbonyl (C=O) groups excluding carboxylic acids is 2. The zero-order valence-electron chi connectivity index (χ0n) is 13.7. The number of nitrogens with one attached hydrogen (secondary N) is 2. The van der Waals surface area contributed by atoms with Crippen molar-refractivity contribution >= 4 is 28.3 Å². The van der Waals surface area contributed by atoms with Gasteiger partial charge in [0.1, 0.15) is 0 Å². The third kappa shape index (κ3) is 2.77. The van der Waals surface area contributed by atoms with E-state index in [4.69, 9.17) is 0 Å². The van der Waals surface area contributed by atoms with Crippen molar-refractivity contribution in [2.75, 3.05) is 11.9 Å². The second-order valence-corrected chi connectivity index (χ2v) is 8.55. The van der Waals surface area contributed by atoms with Crippen molar-refractivity contribution in [2.24, 2.45) is 17.8 Å². The summed E-state index contributed by atoms with van der Waals surface area (Å²) in [4.78, 5) is 28.2. The summed E-state index contributed by atoms with van der Waals surface area (Å²) in [7, 11) is 0. The number of nitrogens with zero attached hydrogens (tertiary/aromatic N) is 1. The van der Waals surface area contributed by atoms with Crippen LogP contribution < -0.4 is 10.6 Å². The van der Waals surface area contributed by atoms with Crippen molar-refractivity contribution in [1.29, 1.82) is 0 Å². The summed E-state index contributed by atoms with van der Waals surface area (Å²) >= 11 is 1.42. The normalized spacial score (nSPS) is 33.2. The molecule has 128 valence electrons. The van der Waals surface area contributed by atoms with Gasteiger partial charge in [0.25, 0.3) is 0 Å². The largest absolute Gasteiger partial charge is 0.344 e. The molecule has 2 amide bonds. The summed E-state index contributed by atoms with van der Waals surface area (Å²) in [5.74, 6) is 1.27. The molecule has 5 rings (SSSR count). The van der Waals surface area contributed by atoms with E-state index in [0.29, 0.717) is 5.13 Å². The lowest BCUT2D eigenvalue weighted by atomic mass is 9.49. The molecule has 0 aliphatic heterocycles. The van der Waals surface area contributed by atoms with Crippen LogP contribution in [0.4, 0.5) is 5.13 Å². The predicted molar refractivity (Wildman–Crippen MR) is 93.8 cm³/mol. The second-order valence-electron chi connectivity index (χ2n) is 7.69. The molecule has 4 bridgehead atoms. The van der Waals surface area contributed by atoms with Crippen LogP contribution >= 0.6 is 11.3 Å². The Labute approximate surface area is 145 Å². The molecule has 4 fully saturated rings. The van der Waals surface area contributed by atoms with Gasteiger partial charge in [0.2, 0.25) is 0 Å². The monoisotopic (exact) mass is 345 g/mol. The first kappa shape index (κ1) is 15.8. The summed E-state index contributed by atoms with van der Waals surface area (Å²) in [6, 6.07) is 0. The number of anilines is 1. The van der Waals surface area contributed by atoms with Gasteiger partial charge in [0.15, 0.2) is 5.13 Å². The quantitative estimate of drug-likeness (QED) is 0.651. The number of hydrogen-bond donors (Lipinski definition) is 2. The molecule has 1 heterocycles. The van der Waals surface area contributed by atoms with Gasteiger partial charge in [-0.25, -0.2) is 4.98 Å². The smallest absolute Gasteiger partial charge is 0.315 e. The number of thiazole rings is 1. The number of amides is 2. The van der Waals surface area contributed by atoms with Gasteiger partial charge in [-0.1, -0.05) is 6.08 Å². The number of carbonyl (C=O) groups is 2. The fourth-order valence-corrected chi connectivity index (χ4v) is 6.23. The fraction of sp³-hybridized carbons (Fsp3) is 0.611. The molecule has 24 heavy (non-hydrogen) atoms. The Balaban J connectivity index is 1.46. The molecule has 4 saturated carbocycles. The van der Waals surface area contributed by atoms with Crippen LogP contribution in [0.3, 0.4) is 0 Å². The Morgan fingerprint density at radius 3 is 2.42 bits per heavy atom. The Morgan fingerprint density at radius 1 is 1.21 bits per heavy atom.